The van der Waals surface area contributed by atoms with Crippen LogP contribution in [0.3, 0.4) is 0 Å². The smallest absolute Gasteiger partial charge is 0.0351 e. The molecule has 0 atom stereocenters. The molecule has 0 saturated carbocycles. The lowest BCUT2D eigenvalue weighted by Crippen LogP contribution is -1.77. The molecular weight excluding hydrogens is 168 g/mol. The molecule has 0 unspecified atom stereocenters. The summed E-state index contributed by atoms with van der Waals surface area (Å²) in [6.45, 7) is 4.19. The Labute approximate surface area is 87.7 Å². The molecule has 1 aromatic carbocycles. The van der Waals surface area contributed by atoms with E-state index in [2.05, 4.69) is 50.3 Å². The van der Waals surface area contributed by atoms with Gasteiger partial charge in [0.2, 0.25) is 0 Å². The van der Waals surface area contributed by atoms with Crippen molar-refractivity contribution in [3.63, 3.8) is 0 Å². The predicted molar refractivity (Wildman–Crippen MR) is 63.5 cm³/mol. The highest BCUT2D eigenvalue weighted by molar-refractivity contribution is 5.19. The molecule has 1 aliphatic carbocycles. The average Bonchev–Trinajstić information content (AvgIpc) is 2.26. The van der Waals surface area contributed by atoms with Crippen molar-refractivity contribution in [2.24, 2.45) is 0 Å². The van der Waals surface area contributed by atoms with Crippen LogP contribution in [0.5, 0.6) is 0 Å². The minimum Gasteiger partial charge on any atom is -0.0885 e. The fourth-order valence-electron chi connectivity index (χ4n) is 1.40. The van der Waals surface area contributed by atoms with E-state index in [9.17, 15) is 0 Å². The molecule has 0 saturated heterocycles. The summed E-state index contributed by atoms with van der Waals surface area (Å²) in [6, 6.07) is 8.48. The molecule has 2 rings (SSSR count). The maximum atomic E-state index is 2.27. The fourth-order valence-corrected chi connectivity index (χ4v) is 1.40. The first-order chi connectivity index (χ1) is 6.79. The Morgan fingerprint density at radius 1 is 0.714 bits per heavy atom. The maximum absolute atomic E-state index is 2.27. The van der Waals surface area contributed by atoms with Crippen LogP contribution in [0.1, 0.15) is 36.8 Å². The normalized spacial score (nSPS) is 14.4. The van der Waals surface area contributed by atoms with Crippen LogP contribution in [0.15, 0.2) is 36.4 Å². The molecule has 0 heteroatoms. The van der Waals surface area contributed by atoms with Crippen LogP contribution in [-0.2, 0) is 0 Å². The zero-order chi connectivity index (χ0) is 10.2. The number of rotatable bonds is 0. The van der Waals surface area contributed by atoms with E-state index in [1.807, 2.05) is 0 Å². The van der Waals surface area contributed by atoms with Crippen LogP contribution < -0.4 is 0 Å². The molecule has 0 spiro atoms. The van der Waals surface area contributed by atoms with Crippen molar-refractivity contribution in [1.29, 1.82) is 0 Å². The quantitative estimate of drug-likeness (QED) is 0.529. The molecule has 0 amide bonds. The summed E-state index contributed by atoms with van der Waals surface area (Å²) < 4.78 is 0. The summed E-state index contributed by atoms with van der Waals surface area (Å²) in [5.41, 5.74) is 2.66. The molecule has 0 heterocycles. The van der Waals surface area contributed by atoms with Crippen LogP contribution in [-0.4, -0.2) is 0 Å². The molecule has 0 aliphatic heterocycles. The van der Waals surface area contributed by atoms with Gasteiger partial charge in [-0.05, 0) is 39.5 Å². The van der Waals surface area contributed by atoms with Gasteiger partial charge in [-0.1, -0.05) is 47.5 Å². The number of hydrogen-bond donors (Lipinski definition) is 0. The molecule has 0 nitrogen and oxygen atoms in total. The van der Waals surface area contributed by atoms with E-state index in [1.54, 1.807) is 0 Å². The van der Waals surface area contributed by atoms with Crippen molar-refractivity contribution in [2.45, 2.75) is 39.5 Å². The summed E-state index contributed by atoms with van der Waals surface area (Å²) in [7, 11) is 0. The summed E-state index contributed by atoms with van der Waals surface area (Å²) in [5.74, 6) is 0. The van der Waals surface area contributed by atoms with Gasteiger partial charge in [-0.25, -0.2) is 0 Å². The number of hydrogen-bond acceptors (Lipinski definition) is 0. The van der Waals surface area contributed by atoms with E-state index in [0.717, 1.165) is 0 Å². The van der Waals surface area contributed by atoms with Crippen molar-refractivity contribution in [3.05, 3.63) is 47.5 Å². The highest BCUT2D eigenvalue weighted by Crippen LogP contribution is 2.07. The highest BCUT2D eigenvalue weighted by Gasteiger charge is 1.87. The van der Waals surface area contributed by atoms with Gasteiger partial charge >= 0.3 is 0 Å². The van der Waals surface area contributed by atoms with E-state index >= 15 is 0 Å². The fraction of sp³-hybridized carbons (Fsp3) is 0.429. The SMILES string of the molecule is C1=CCCCC1.Cc1ccc(C)cc1. The second-order valence-corrected chi connectivity index (χ2v) is 3.91. The van der Waals surface area contributed by atoms with Crippen molar-refractivity contribution < 1.29 is 0 Å². The van der Waals surface area contributed by atoms with Crippen molar-refractivity contribution in [2.75, 3.05) is 0 Å². The Morgan fingerprint density at radius 2 is 1.07 bits per heavy atom. The second-order valence-electron chi connectivity index (χ2n) is 3.91. The van der Waals surface area contributed by atoms with Crippen LogP contribution in [0.25, 0.3) is 0 Å². The Balaban J connectivity index is 0.000000146. The molecule has 1 aromatic rings. The van der Waals surface area contributed by atoms with Gasteiger partial charge in [-0.15, -0.1) is 0 Å². The van der Waals surface area contributed by atoms with Gasteiger partial charge < -0.3 is 0 Å². The van der Waals surface area contributed by atoms with Crippen molar-refractivity contribution in [3.8, 4) is 0 Å². The predicted octanol–water partition coefficient (Wildman–Crippen LogP) is 4.42. The molecule has 0 N–H and O–H groups in total. The van der Waals surface area contributed by atoms with Gasteiger partial charge in [0.15, 0.2) is 0 Å². The molecule has 0 aromatic heterocycles. The lowest BCUT2D eigenvalue weighted by Gasteiger charge is -1.97. The third-order valence-electron chi connectivity index (χ3n) is 2.38. The monoisotopic (exact) mass is 188 g/mol. The summed E-state index contributed by atoms with van der Waals surface area (Å²) in [5, 5.41) is 0. The van der Waals surface area contributed by atoms with Crippen LogP contribution >= 0.6 is 0 Å². The average molecular weight is 188 g/mol. The van der Waals surface area contributed by atoms with E-state index in [1.165, 1.54) is 36.8 Å². The van der Waals surface area contributed by atoms with Gasteiger partial charge in [0.05, 0.1) is 0 Å². The topological polar surface area (TPSA) is 0 Å². The molecular formula is C14H20. The third-order valence-corrected chi connectivity index (χ3v) is 2.38. The molecule has 0 fully saturated rings. The zero-order valence-electron chi connectivity index (χ0n) is 9.29. The molecule has 76 valence electrons. The number of aryl methyl sites for hydroxylation is 2. The van der Waals surface area contributed by atoms with Gasteiger partial charge in [0.1, 0.15) is 0 Å². The van der Waals surface area contributed by atoms with Crippen molar-refractivity contribution >= 4 is 0 Å². The van der Waals surface area contributed by atoms with E-state index < -0.39 is 0 Å². The van der Waals surface area contributed by atoms with Crippen molar-refractivity contribution in [1.82, 2.24) is 0 Å². The summed E-state index contributed by atoms with van der Waals surface area (Å²) >= 11 is 0. The first kappa shape index (κ1) is 11.0. The van der Waals surface area contributed by atoms with Gasteiger partial charge in [0.25, 0.3) is 0 Å². The Bertz CT molecular complexity index is 238. The molecule has 0 bridgehead atoms. The van der Waals surface area contributed by atoms with Gasteiger partial charge in [0, 0.05) is 0 Å². The first-order valence-corrected chi connectivity index (χ1v) is 5.47. The minimum absolute atomic E-state index is 1.32. The van der Waals surface area contributed by atoms with Crippen LogP contribution in [0.2, 0.25) is 0 Å². The number of allylic oxidation sites excluding steroid dienone is 2. The van der Waals surface area contributed by atoms with E-state index in [4.69, 9.17) is 0 Å². The zero-order valence-corrected chi connectivity index (χ0v) is 9.29. The lowest BCUT2D eigenvalue weighted by atomic mass is 10.1. The Morgan fingerprint density at radius 3 is 1.29 bits per heavy atom. The highest BCUT2D eigenvalue weighted by atomic mass is 13.9. The largest absolute Gasteiger partial charge is 0.0885 e. The van der Waals surface area contributed by atoms with Gasteiger partial charge in [-0.2, -0.15) is 0 Å². The van der Waals surface area contributed by atoms with E-state index in [-0.39, 0.29) is 0 Å². The third kappa shape index (κ3) is 4.86. The van der Waals surface area contributed by atoms with Crippen LogP contribution in [0.4, 0.5) is 0 Å². The lowest BCUT2D eigenvalue weighted by molar-refractivity contribution is 0.730. The molecule has 0 radical (unpaired) electrons. The van der Waals surface area contributed by atoms with Gasteiger partial charge in [-0.3, -0.25) is 0 Å². The van der Waals surface area contributed by atoms with Crippen LogP contribution in [0, 0.1) is 13.8 Å². The Hall–Kier alpha value is -1.04. The van der Waals surface area contributed by atoms with E-state index in [0.29, 0.717) is 0 Å². The standard InChI is InChI=1S/C8H10.C6H10/c1-7-3-5-8(2)6-4-7;1-2-4-6-5-3-1/h3-6H,1-2H3;1-2H,3-6H2. The summed E-state index contributed by atoms with van der Waals surface area (Å²) in [6.07, 6.45) is 10.0. The molecule has 1 aliphatic rings. The minimum atomic E-state index is 1.32. The Kier molecular flexibility index (Phi) is 5.06. The summed E-state index contributed by atoms with van der Waals surface area (Å²) in [4.78, 5) is 0. The first-order valence-electron chi connectivity index (χ1n) is 5.47. The molecule has 14 heavy (non-hydrogen) atoms. The second kappa shape index (κ2) is 6.42. The maximum Gasteiger partial charge on any atom is -0.0351 e. The number of benzene rings is 1.